The van der Waals surface area contributed by atoms with E-state index in [0.29, 0.717) is 23.5 Å². The number of anilines is 2. The Bertz CT molecular complexity index is 923. The SMILES string of the molecule is CC(=O)N1c2ccc(-c3cnn(CC(F)F)c3)cc2N(C(=O)C2CC2)C[C@@H]1C. The summed E-state index contributed by atoms with van der Waals surface area (Å²) in [5, 5.41) is 3.98. The van der Waals surface area contributed by atoms with Crippen molar-refractivity contribution in [3.63, 3.8) is 0 Å². The molecule has 1 atom stereocenters. The number of carbonyl (C=O) groups is 2. The second kappa shape index (κ2) is 7.00. The van der Waals surface area contributed by atoms with Gasteiger partial charge in [0.2, 0.25) is 11.8 Å². The second-order valence-electron chi connectivity index (χ2n) is 7.51. The smallest absolute Gasteiger partial charge is 0.257 e. The minimum absolute atomic E-state index is 0.0568. The van der Waals surface area contributed by atoms with Gasteiger partial charge < -0.3 is 9.80 Å². The van der Waals surface area contributed by atoms with Gasteiger partial charge in [-0.1, -0.05) is 6.07 Å². The summed E-state index contributed by atoms with van der Waals surface area (Å²) < 4.78 is 26.4. The molecule has 8 heteroatoms. The molecular formula is C20H22F2N4O2. The van der Waals surface area contributed by atoms with Crippen LogP contribution in [0.15, 0.2) is 30.6 Å². The number of nitrogens with zero attached hydrogens (tertiary/aromatic N) is 4. The molecule has 1 aromatic heterocycles. The van der Waals surface area contributed by atoms with Gasteiger partial charge in [-0.3, -0.25) is 14.3 Å². The Kier molecular flexibility index (Phi) is 4.64. The van der Waals surface area contributed by atoms with Crippen LogP contribution < -0.4 is 9.80 Å². The number of aromatic nitrogens is 2. The average molecular weight is 388 g/mol. The monoisotopic (exact) mass is 388 g/mol. The Hall–Kier alpha value is -2.77. The van der Waals surface area contributed by atoms with Gasteiger partial charge in [0.05, 0.1) is 23.6 Å². The summed E-state index contributed by atoms with van der Waals surface area (Å²) in [7, 11) is 0. The summed E-state index contributed by atoms with van der Waals surface area (Å²) >= 11 is 0. The molecule has 0 spiro atoms. The fraction of sp³-hybridized carbons (Fsp3) is 0.450. The molecule has 148 valence electrons. The zero-order chi connectivity index (χ0) is 20.0. The highest BCUT2D eigenvalue weighted by atomic mass is 19.3. The molecule has 0 unspecified atom stereocenters. The van der Waals surface area contributed by atoms with Gasteiger partial charge >= 0.3 is 0 Å². The molecule has 6 nitrogen and oxygen atoms in total. The predicted molar refractivity (Wildman–Crippen MR) is 101 cm³/mol. The van der Waals surface area contributed by atoms with Crippen LogP contribution >= 0.6 is 0 Å². The van der Waals surface area contributed by atoms with Crippen LogP contribution in [0.2, 0.25) is 0 Å². The molecule has 1 aliphatic carbocycles. The standard InChI is InChI=1S/C20H22F2N4O2/c1-12-9-25(20(28)14-3-4-14)18-7-15(5-6-17(18)26(12)13(2)27)16-8-23-24(10-16)11-19(21)22/h5-8,10,12,14,19H,3-4,9,11H2,1-2H3/t12-/m0/s1. The maximum absolute atomic E-state index is 12.8. The molecule has 0 bridgehead atoms. The molecule has 2 amide bonds. The van der Waals surface area contributed by atoms with E-state index in [1.54, 1.807) is 16.0 Å². The second-order valence-corrected chi connectivity index (χ2v) is 7.51. The molecule has 1 aliphatic heterocycles. The zero-order valence-electron chi connectivity index (χ0n) is 15.8. The molecule has 0 saturated heterocycles. The molecule has 0 radical (unpaired) electrons. The van der Waals surface area contributed by atoms with Crippen LogP contribution in [-0.2, 0) is 16.1 Å². The number of hydrogen-bond donors (Lipinski definition) is 0. The van der Waals surface area contributed by atoms with E-state index in [4.69, 9.17) is 0 Å². The van der Waals surface area contributed by atoms with Crippen molar-refractivity contribution in [1.82, 2.24) is 9.78 Å². The summed E-state index contributed by atoms with van der Waals surface area (Å²) in [4.78, 5) is 28.5. The lowest BCUT2D eigenvalue weighted by Gasteiger charge is -2.41. The number of benzene rings is 1. The van der Waals surface area contributed by atoms with E-state index in [0.717, 1.165) is 18.4 Å². The number of amides is 2. The Morgan fingerprint density at radius 1 is 1.21 bits per heavy atom. The number of fused-ring (bicyclic) bond motifs is 1. The molecule has 1 fully saturated rings. The lowest BCUT2D eigenvalue weighted by atomic mass is 10.0. The van der Waals surface area contributed by atoms with E-state index in [9.17, 15) is 18.4 Å². The zero-order valence-corrected chi connectivity index (χ0v) is 15.8. The lowest BCUT2D eigenvalue weighted by molar-refractivity contribution is -0.120. The fourth-order valence-corrected chi connectivity index (χ4v) is 3.80. The number of halogens is 2. The first-order valence-corrected chi connectivity index (χ1v) is 9.41. The van der Waals surface area contributed by atoms with Crippen molar-refractivity contribution >= 4 is 23.2 Å². The van der Waals surface area contributed by atoms with Gasteiger partial charge in [0, 0.05) is 31.1 Å². The van der Waals surface area contributed by atoms with Crippen LogP contribution in [0.25, 0.3) is 11.1 Å². The molecule has 2 aromatic rings. The molecule has 4 rings (SSSR count). The largest absolute Gasteiger partial charge is 0.308 e. The van der Waals surface area contributed by atoms with Crippen molar-refractivity contribution < 1.29 is 18.4 Å². The van der Waals surface area contributed by atoms with Crippen LogP contribution in [0.5, 0.6) is 0 Å². The Morgan fingerprint density at radius 3 is 2.61 bits per heavy atom. The van der Waals surface area contributed by atoms with E-state index < -0.39 is 13.0 Å². The van der Waals surface area contributed by atoms with Gasteiger partial charge in [0.25, 0.3) is 6.43 Å². The molecule has 28 heavy (non-hydrogen) atoms. The number of rotatable bonds is 4. The third-order valence-corrected chi connectivity index (χ3v) is 5.24. The van der Waals surface area contributed by atoms with Gasteiger partial charge in [-0.05, 0) is 37.5 Å². The van der Waals surface area contributed by atoms with Crippen LogP contribution in [0.4, 0.5) is 20.2 Å². The van der Waals surface area contributed by atoms with Crippen molar-refractivity contribution in [1.29, 1.82) is 0 Å². The highest BCUT2D eigenvalue weighted by Crippen LogP contribution is 2.41. The van der Waals surface area contributed by atoms with Crippen molar-refractivity contribution in [2.24, 2.45) is 5.92 Å². The van der Waals surface area contributed by atoms with Gasteiger partial charge in [-0.15, -0.1) is 0 Å². The van der Waals surface area contributed by atoms with Crippen molar-refractivity contribution in [2.45, 2.75) is 45.7 Å². The van der Waals surface area contributed by atoms with E-state index in [1.165, 1.54) is 17.8 Å². The first kappa shape index (κ1) is 18.6. The molecule has 0 N–H and O–H groups in total. The maximum Gasteiger partial charge on any atom is 0.257 e. The Labute approximate surface area is 161 Å². The topological polar surface area (TPSA) is 58.4 Å². The Morgan fingerprint density at radius 2 is 1.96 bits per heavy atom. The highest BCUT2D eigenvalue weighted by Gasteiger charge is 2.39. The molecule has 2 heterocycles. The highest BCUT2D eigenvalue weighted by molar-refractivity contribution is 6.06. The van der Waals surface area contributed by atoms with Gasteiger partial charge in [-0.25, -0.2) is 8.78 Å². The van der Waals surface area contributed by atoms with Gasteiger partial charge in [0.15, 0.2) is 0 Å². The minimum atomic E-state index is -2.48. The van der Waals surface area contributed by atoms with E-state index >= 15 is 0 Å². The van der Waals surface area contributed by atoms with Crippen LogP contribution in [-0.4, -0.2) is 40.6 Å². The lowest BCUT2D eigenvalue weighted by Crippen LogP contribution is -2.51. The third-order valence-electron chi connectivity index (χ3n) is 5.24. The molecular weight excluding hydrogens is 366 g/mol. The Balaban J connectivity index is 1.74. The van der Waals surface area contributed by atoms with Crippen molar-refractivity contribution in [3.05, 3.63) is 30.6 Å². The molecule has 1 aromatic carbocycles. The summed E-state index contributed by atoms with van der Waals surface area (Å²) in [6, 6.07) is 5.38. The number of carbonyl (C=O) groups excluding carboxylic acids is 2. The average Bonchev–Trinajstić information content (AvgIpc) is 3.39. The number of alkyl halides is 2. The maximum atomic E-state index is 12.8. The van der Waals surface area contributed by atoms with Crippen LogP contribution in [0.1, 0.15) is 26.7 Å². The first-order valence-electron chi connectivity index (χ1n) is 9.41. The van der Waals surface area contributed by atoms with Gasteiger partial charge in [-0.2, -0.15) is 5.10 Å². The molecule has 1 saturated carbocycles. The molecule has 2 aliphatic rings. The van der Waals surface area contributed by atoms with Crippen molar-refractivity contribution in [3.8, 4) is 11.1 Å². The van der Waals surface area contributed by atoms with Crippen LogP contribution in [0.3, 0.4) is 0 Å². The number of hydrogen-bond acceptors (Lipinski definition) is 3. The van der Waals surface area contributed by atoms with E-state index in [2.05, 4.69) is 5.10 Å². The summed E-state index contributed by atoms with van der Waals surface area (Å²) in [6.45, 7) is 3.42. The minimum Gasteiger partial charge on any atom is -0.308 e. The fourth-order valence-electron chi connectivity index (χ4n) is 3.80. The third kappa shape index (κ3) is 3.39. The summed E-state index contributed by atoms with van der Waals surface area (Å²) in [5.41, 5.74) is 2.84. The predicted octanol–water partition coefficient (Wildman–Crippen LogP) is 3.31. The summed E-state index contributed by atoms with van der Waals surface area (Å²) in [5.74, 6) is 0.0630. The van der Waals surface area contributed by atoms with Crippen LogP contribution in [0, 0.1) is 5.92 Å². The van der Waals surface area contributed by atoms with Gasteiger partial charge in [0.1, 0.15) is 6.54 Å². The van der Waals surface area contributed by atoms with E-state index in [-0.39, 0.29) is 23.8 Å². The normalized spacial score (nSPS) is 19.1. The van der Waals surface area contributed by atoms with Crippen molar-refractivity contribution in [2.75, 3.05) is 16.3 Å². The quantitative estimate of drug-likeness (QED) is 0.807. The van der Waals surface area contributed by atoms with E-state index in [1.807, 2.05) is 25.1 Å². The first-order chi connectivity index (χ1) is 13.3. The summed E-state index contributed by atoms with van der Waals surface area (Å²) in [6.07, 6.45) is 2.42.